The summed E-state index contributed by atoms with van der Waals surface area (Å²) in [6.07, 6.45) is 7.43. The van der Waals surface area contributed by atoms with E-state index >= 15 is 0 Å². The van der Waals surface area contributed by atoms with Crippen molar-refractivity contribution in [3.05, 3.63) is 28.5 Å². The first-order valence-electron chi connectivity index (χ1n) is 7.24. The van der Waals surface area contributed by atoms with Gasteiger partial charge in [0.2, 0.25) is 0 Å². The molecule has 0 aromatic carbocycles. The summed E-state index contributed by atoms with van der Waals surface area (Å²) < 4.78 is 1.06. The van der Waals surface area contributed by atoms with E-state index in [1.807, 2.05) is 12.4 Å². The highest BCUT2D eigenvalue weighted by atomic mass is 79.9. The average Bonchev–Trinajstić information content (AvgIpc) is 2.62. The Kier molecular flexibility index (Phi) is 5.37. The first kappa shape index (κ1) is 14.9. The van der Waals surface area contributed by atoms with Gasteiger partial charge in [0.1, 0.15) is 0 Å². The Hall–Kier alpha value is -0.450. The molecule has 4 heteroatoms. The average molecular weight is 326 g/mol. The molecule has 1 aromatic rings. The van der Waals surface area contributed by atoms with Gasteiger partial charge in [-0.25, -0.2) is 0 Å². The minimum Gasteiger partial charge on any atom is -0.310 e. The van der Waals surface area contributed by atoms with Crippen molar-refractivity contribution < 1.29 is 0 Å². The quantitative estimate of drug-likeness (QED) is 0.921. The molecule has 1 fully saturated rings. The van der Waals surface area contributed by atoms with Crippen LogP contribution in [0.1, 0.15) is 38.7 Å². The number of nitrogens with zero attached hydrogens (tertiary/aromatic N) is 2. The molecule has 1 aromatic heterocycles. The van der Waals surface area contributed by atoms with Crippen LogP contribution in [-0.2, 0) is 6.54 Å². The van der Waals surface area contributed by atoms with Crippen LogP contribution in [-0.4, -0.2) is 35.1 Å². The Morgan fingerprint density at radius 2 is 2.16 bits per heavy atom. The zero-order valence-corrected chi connectivity index (χ0v) is 13.5. The summed E-state index contributed by atoms with van der Waals surface area (Å²) in [4.78, 5) is 6.83. The van der Waals surface area contributed by atoms with Crippen molar-refractivity contribution >= 4 is 15.9 Å². The molecular weight excluding hydrogens is 302 g/mol. The van der Waals surface area contributed by atoms with Gasteiger partial charge in [0.05, 0.1) is 0 Å². The fourth-order valence-corrected chi connectivity index (χ4v) is 3.29. The van der Waals surface area contributed by atoms with Crippen LogP contribution in [0.5, 0.6) is 0 Å². The maximum Gasteiger partial charge on any atom is 0.0410 e. The molecule has 0 spiro atoms. The van der Waals surface area contributed by atoms with Gasteiger partial charge in [-0.3, -0.25) is 9.88 Å². The van der Waals surface area contributed by atoms with Crippen LogP contribution in [0.25, 0.3) is 0 Å². The summed E-state index contributed by atoms with van der Waals surface area (Å²) in [6.45, 7) is 9.01. The molecule has 2 heterocycles. The highest BCUT2D eigenvalue weighted by molar-refractivity contribution is 9.10. The lowest BCUT2D eigenvalue weighted by Gasteiger charge is -2.35. The van der Waals surface area contributed by atoms with Crippen molar-refractivity contribution in [2.24, 2.45) is 0 Å². The van der Waals surface area contributed by atoms with Crippen molar-refractivity contribution in [1.29, 1.82) is 0 Å². The third kappa shape index (κ3) is 4.01. The largest absolute Gasteiger partial charge is 0.310 e. The number of aromatic nitrogens is 1. The highest BCUT2D eigenvalue weighted by Gasteiger charge is 2.30. The maximum absolute atomic E-state index is 4.26. The fraction of sp³-hybridized carbons (Fsp3) is 0.667. The van der Waals surface area contributed by atoms with Gasteiger partial charge >= 0.3 is 0 Å². The van der Waals surface area contributed by atoms with E-state index in [1.54, 1.807) is 0 Å². The molecule has 3 nitrogen and oxygen atoms in total. The van der Waals surface area contributed by atoms with Gasteiger partial charge in [-0.2, -0.15) is 0 Å². The molecule has 1 N–H and O–H groups in total. The summed E-state index contributed by atoms with van der Waals surface area (Å²) >= 11 is 3.50. The maximum atomic E-state index is 4.26. The van der Waals surface area contributed by atoms with Crippen molar-refractivity contribution in [3.63, 3.8) is 0 Å². The fourth-order valence-electron chi connectivity index (χ4n) is 2.88. The minimum absolute atomic E-state index is 0.288. The van der Waals surface area contributed by atoms with Gasteiger partial charge in [-0.1, -0.05) is 13.8 Å². The molecule has 0 radical (unpaired) electrons. The predicted molar refractivity (Wildman–Crippen MR) is 83.1 cm³/mol. The van der Waals surface area contributed by atoms with Crippen LogP contribution < -0.4 is 5.32 Å². The first-order chi connectivity index (χ1) is 9.17. The van der Waals surface area contributed by atoms with Gasteiger partial charge in [-0.15, -0.1) is 0 Å². The molecule has 2 rings (SSSR count). The van der Waals surface area contributed by atoms with E-state index in [0.717, 1.165) is 24.1 Å². The Labute approximate surface area is 124 Å². The molecule has 1 saturated heterocycles. The Bertz CT molecular complexity index is 404. The molecule has 0 amide bonds. The zero-order chi connectivity index (χ0) is 13.7. The van der Waals surface area contributed by atoms with Crippen LogP contribution >= 0.6 is 15.9 Å². The SMILES string of the molecule is CCC1(CC)CN(Cc2cncc(Br)c2)CCCN1. The highest BCUT2D eigenvalue weighted by Crippen LogP contribution is 2.21. The normalized spacial score (nSPS) is 20.2. The predicted octanol–water partition coefficient (Wildman–Crippen LogP) is 3.20. The van der Waals surface area contributed by atoms with E-state index < -0.39 is 0 Å². The van der Waals surface area contributed by atoms with Gasteiger partial charge < -0.3 is 5.32 Å². The number of pyridine rings is 1. The summed E-state index contributed by atoms with van der Waals surface area (Å²) in [6, 6.07) is 2.17. The topological polar surface area (TPSA) is 28.2 Å². The summed E-state index contributed by atoms with van der Waals surface area (Å²) in [5.41, 5.74) is 1.58. The van der Waals surface area contributed by atoms with Gasteiger partial charge in [0, 0.05) is 35.5 Å². The second-order valence-corrected chi connectivity index (χ2v) is 6.41. The monoisotopic (exact) mass is 325 g/mol. The van der Waals surface area contributed by atoms with Crippen molar-refractivity contribution in [2.75, 3.05) is 19.6 Å². The third-order valence-electron chi connectivity index (χ3n) is 4.20. The van der Waals surface area contributed by atoms with Gasteiger partial charge in [0.15, 0.2) is 0 Å². The molecule has 106 valence electrons. The van der Waals surface area contributed by atoms with E-state index in [-0.39, 0.29) is 5.54 Å². The number of hydrogen-bond donors (Lipinski definition) is 1. The number of rotatable bonds is 4. The first-order valence-corrected chi connectivity index (χ1v) is 8.03. The van der Waals surface area contributed by atoms with E-state index in [9.17, 15) is 0 Å². The lowest BCUT2D eigenvalue weighted by atomic mass is 9.92. The molecule has 0 saturated carbocycles. The van der Waals surface area contributed by atoms with Crippen molar-refractivity contribution in [2.45, 2.75) is 45.2 Å². The molecule has 0 bridgehead atoms. The van der Waals surface area contributed by atoms with Crippen LogP contribution in [0.3, 0.4) is 0 Å². The van der Waals surface area contributed by atoms with Crippen LogP contribution in [0, 0.1) is 0 Å². The van der Waals surface area contributed by atoms with E-state index in [2.05, 4.69) is 51.0 Å². The number of halogens is 1. The van der Waals surface area contributed by atoms with Gasteiger partial charge in [0.25, 0.3) is 0 Å². The second kappa shape index (κ2) is 6.82. The van der Waals surface area contributed by atoms with Gasteiger partial charge in [-0.05, 0) is 59.9 Å². The third-order valence-corrected chi connectivity index (χ3v) is 4.63. The van der Waals surface area contributed by atoms with E-state index in [4.69, 9.17) is 0 Å². The lowest BCUT2D eigenvalue weighted by molar-refractivity contribution is 0.191. The molecule has 1 aliphatic rings. The minimum atomic E-state index is 0.288. The van der Waals surface area contributed by atoms with E-state index in [1.165, 1.54) is 31.4 Å². The smallest absolute Gasteiger partial charge is 0.0410 e. The molecule has 0 unspecified atom stereocenters. The Morgan fingerprint density at radius 1 is 1.37 bits per heavy atom. The standard InChI is InChI=1S/C15H24BrN3/c1-3-15(4-2)12-19(7-5-6-18-15)11-13-8-14(16)10-17-9-13/h8-10,18H,3-7,11-12H2,1-2H3. The van der Waals surface area contributed by atoms with Crippen LogP contribution in [0.4, 0.5) is 0 Å². The number of hydrogen-bond acceptors (Lipinski definition) is 3. The number of nitrogens with one attached hydrogen (secondary N) is 1. The zero-order valence-electron chi connectivity index (χ0n) is 12.0. The Morgan fingerprint density at radius 3 is 2.84 bits per heavy atom. The van der Waals surface area contributed by atoms with Crippen LogP contribution in [0.15, 0.2) is 22.9 Å². The molecular formula is C15H24BrN3. The lowest BCUT2D eigenvalue weighted by Crippen LogP contribution is -2.50. The molecule has 0 aliphatic carbocycles. The van der Waals surface area contributed by atoms with Crippen molar-refractivity contribution in [1.82, 2.24) is 15.2 Å². The van der Waals surface area contributed by atoms with Crippen LogP contribution in [0.2, 0.25) is 0 Å². The molecule has 19 heavy (non-hydrogen) atoms. The van der Waals surface area contributed by atoms with E-state index in [0.29, 0.717) is 0 Å². The summed E-state index contributed by atoms with van der Waals surface area (Å²) in [7, 11) is 0. The summed E-state index contributed by atoms with van der Waals surface area (Å²) in [5, 5.41) is 3.76. The second-order valence-electron chi connectivity index (χ2n) is 5.49. The molecule has 0 atom stereocenters. The van der Waals surface area contributed by atoms with Crippen molar-refractivity contribution in [3.8, 4) is 0 Å². The Balaban J connectivity index is 2.06. The molecule has 1 aliphatic heterocycles. The summed E-state index contributed by atoms with van der Waals surface area (Å²) in [5.74, 6) is 0.